The molecule has 0 aliphatic rings. The minimum absolute atomic E-state index is 0.0725. The van der Waals surface area contributed by atoms with Crippen LogP contribution in [0.4, 0.5) is 5.69 Å². The number of benzene rings is 1. The summed E-state index contributed by atoms with van der Waals surface area (Å²) in [5.41, 5.74) is 0.391. The molecule has 1 aromatic heterocycles. The van der Waals surface area contributed by atoms with E-state index >= 15 is 0 Å². The lowest BCUT2D eigenvalue weighted by molar-refractivity contribution is -0.118. The van der Waals surface area contributed by atoms with E-state index in [4.69, 9.17) is 9.15 Å². The summed E-state index contributed by atoms with van der Waals surface area (Å²) in [5.74, 6) is 0.298. The first-order valence-corrected chi connectivity index (χ1v) is 5.53. The Labute approximate surface area is 110 Å². The average molecular weight is 259 g/mol. The first-order valence-electron chi connectivity index (χ1n) is 5.53. The Kier molecular flexibility index (Phi) is 3.68. The van der Waals surface area contributed by atoms with Gasteiger partial charge in [-0.15, -0.1) is 0 Å². The molecule has 19 heavy (non-hydrogen) atoms. The first-order chi connectivity index (χ1) is 9.13. The third-order valence-electron chi connectivity index (χ3n) is 2.59. The van der Waals surface area contributed by atoms with Gasteiger partial charge in [-0.05, 0) is 36.4 Å². The summed E-state index contributed by atoms with van der Waals surface area (Å²) >= 11 is 0. The van der Waals surface area contributed by atoms with Crippen molar-refractivity contribution in [3.05, 3.63) is 55.0 Å². The van der Waals surface area contributed by atoms with E-state index in [1.54, 1.807) is 36.4 Å². The Hall–Kier alpha value is -2.53. The van der Waals surface area contributed by atoms with Gasteiger partial charge in [0.25, 0.3) is 5.91 Å². The summed E-state index contributed by atoms with van der Waals surface area (Å²) in [7, 11) is 1.54. The number of carbonyl (C=O) groups excluding carboxylic acids is 1. The van der Waals surface area contributed by atoms with Crippen LogP contribution in [0.25, 0.3) is 5.57 Å². The molecule has 0 atom stereocenters. The molecule has 0 aliphatic carbocycles. The van der Waals surface area contributed by atoms with Gasteiger partial charge in [0, 0.05) is 0 Å². The van der Waals surface area contributed by atoms with Gasteiger partial charge in [-0.2, -0.15) is 5.06 Å². The minimum Gasteiger partial charge on any atom is -0.497 e. The molecule has 2 rings (SSSR count). The van der Waals surface area contributed by atoms with E-state index in [0.29, 0.717) is 22.3 Å². The molecule has 1 heterocycles. The van der Waals surface area contributed by atoms with Crippen LogP contribution in [0, 0.1) is 0 Å². The van der Waals surface area contributed by atoms with Gasteiger partial charge in [0.15, 0.2) is 0 Å². The number of anilines is 1. The third kappa shape index (κ3) is 2.66. The molecular formula is C14H13NO4. The number of carbonyl (C=O) groups is 1. The van der Waals surface area contributed by atoms with E-state index < -0.39 is 5.91 Å². The highest BCUT2D eigenvalue weighted by Crippen LogP contribution is 2.22. The molecule has 5 heteroatoms. The summed E-state index contributed by atoms with van der Waals surface area (Å²) in [6.45, 7) is 3.61. The molecule has 0 spiro atoms. The molecule has 0 fully saturated rings. The van der Waals surface area contributed by atoms with Gasteiger partial charge in [0.2, 0.25) is 0 Å². The lowest BCUT2D eigenvalue weighted by Crippen LogP contribution is -2.27. The Morgan fingerprint density at radius 1 is 1.32 bits per heavy atom. The maximum Gasteiger partial charge on any atom is 0.285 e. The molecule has 0 bridgehead atoms. The summed E-state index contributed by atoms with van der Waals surface area (Å²) < 4.78 is 10.1. The van der Waals surface area contributed by atoms with Crippen molar-refractivity contribution in [1.29, 1.82) is 0 Å². The smallest absolute Gasteiger partial charge is 0.285 e. The molecule has 98 valence electrons. The van der Waals surface area contributed by atoms with Crippen molar-refractivity contribution in [2.24, 2.45) is 0 Å². The number of amides is 1. The van der Waals surface area contributed by atoms with Crippen molar-refractivity contribution in [2.75, 3.05) is 12.2 Å². The Morgan fingerprint density at radius 2 is 2.00 bits per heavy atom. The van der Waals surface area contributed by atoms with Crippen molar-refractivity contribution in [3.63, 3.8) is 0 Å². The van der Waals surface area contributed by atoms with Gasteiger partial charge >= 0.3 is 0 Å². The minimum atomic E-state index is -0.653. The summed E-state index contributed by atoms with van der Waals surface area (Å²) in [6, 6.07) is 9.65. The number of furan rings is 1. The molecule has 1 aromatic carbocycles. The van der Waals surface area contributed by atoms with Crippen molar-refractivity contribution < 1.29 is 19.2 Å². The van der Waals surface area contributed by atoms with Crippen LogP contribution < -0.4 is 9.80 Å². The third-order valence-corrected chi connectivity index (χ3v) is 2.59. The van der Waals surface area contributed by atoms with Crippen LogP contribution in [0.2, 0.25) is 0 Å². The second-order valence-electron chi connectivity index (χ2n) is 3.77. The summed E-state index contributed by atoms with van der Waals surface area (Å²) in [6.07, 6.45) is 1.43. The maximum atomic E-state index is 12.0. The fraction of sp³-hybridized carbons (Fsp3) is 0.0714. The number of hydrogen-bond acceptors (Lipinski definition) is 4. The van der Waals surface area contributed by atoms with Crippen LogP contribution in [-0.4, -0.2) is 18.2 Å². The average Bonchev–Trinajstić information content (AvgIpc) is 2.99. The zero-order chi connectivity index (χ0) is 13.8. The van der Waals surface area contributed by atoms with E-state index in [1.807, 2.05) is 0 Å². The Bertz CT molecular complexity index is 572. The monoisotopic (exact) mass is 259 g/mol. The number of rotatable bonds is 4. The first kappa shape index (κ1) is 12.9. The zero-order valence-electron chi connectivity index (χ0n) is 10.4. The fourth-order valence-electron chi connectivity index (χ4n) is 1.52. The highest BCUT2D eigenvalue weighted by molar-refractivity contribution is 6.23. The fourth-order valence-corrected chi connectivity index (χ4v) is 1.52. The number of ether oxygens (including phenoxy) is 1. The number of hydrogen-bond donors (Lipinski definition) is 1. The van der Waals surface area contributed by atoms with Crippen molar-refractivity contribution in [3.8, 4) is 5.75 Å². The van der Waals surface area contributed by atoms with Crippen LogP contribution in [0.1, 0.15) is 5.76 Å². The largest absolute Gasteiger partial charge is 0.497 e. The molecule has 0 unspecified atom stereocenters. The van der Waals surface area contributed by atoms with Crippen molar-refractivity contribution in [1.82, 2.24) is 0 Å². The molecule has 0 aliphatic heterocycles. The molecule has 5 nitrogen and oxygen atoms in total. The van der Waals surface area contributed by atoms with E-state index in [1.165, 1.54) is 13.4 Å². The van der Waals surface area contributed by atoms with Gasteiger partial charge in [-0.25, -0.2) is 0 Å². The van der Waals surface area contributed by atoms with Crippen molar-refractivity contribution >= 4 is 17.2 Å². The molecular weight excluding hydrogens is 246 g/mol. The maximum absolute atomic E-state index is 12.0. The SMILES string of the molecule is C=C(C(=O)N(O)c1ccc(OC)cc1)c1ccco1. The number of methoxy groups -OCH3 is 1. The van der Waals surface area contributed by atoms with Gasteiger partial charge in [0.05, 0.1) is 24.6 Å². The molecule has 0 saturated heterocycles. The second-order valence-corrected chi connectivity index (χ2v) is 3.77. The predicted molar refractivity (Wildman–Crippen MR) is 70.0 cm³/mol. The van der Waals surface area contributed by atoms with Crippen LogP contribution in [0.5, 0.6) is 5.75 Å². The number of hydroxylamine groups is 1. The molecule has 1 N–H and O–H groups in total. The lowest BCUT2D eigenvalue weighted by atomic mass is 10.2. The van der Waals surface area contributed by atoms with Crippen LogP contribution in [0.3, 0.4) is 0 Å². The summed E-state index contributed by atoms with van der Waals surface area (Å²) in [4.78, 5) is 12.0. The molecule has 0 saturated carbocycles. The Balaban J connectivity index is 2.16. The van der Waals surface area contributed by atoms with Gasteiger partial charge < -0.3 is 9.15 Å². The van der Waals surface area contributed by atoms with E-state index in [0.717, 1.165) is 0 Å². The van der Waals surface area contributed by atoms with E-state index in [2.05, 4.69) is 6.58 Å². The standard InChI is InChI=1S/C14H13NO4/c1-10(13-4-3-9-19-13)14(16)15(17)11-5-7-12(18-2)8-6-11/h3-9,17H,1H2,2H3. The Morgan fingerprint density at radius 3 is 2.53 bits per heavy atom. The lowest BCUT2D eigenvalue weighted by Gasteiger charge is -2.15. The quantitative estimate of drug-likeness (QED) is 0.521. The molecule has 2 aromatic rings. The van der Waals surface area contributed by atoms with Crippen LogP contribution >= 0.6 is 0 Å². The summed E-state index contributed by atoms with van der Waals surface area (Å²) in [5, 5.41) is 10.4. The number of nitrogens with zero attached hydrogens (tertiary/aromatic N) is 1. The highest BCUT2D eigenvalue weighted by atomic mass is 16.5. The zero-order valence-corrected chi connectivity index (χ0v) is 10.4. The normalized spacial score (nSPS) is 10.0. The highest BCUT2D eigenvalue weighted by Gasteiger charge is 2.19. The predicted octanol–water partition coefficient (Wildman–Crippen LogP) is 2.72. The van der Waals surface area contributed by atoms with Crippen LogP contribution in [-0.2, 0) is 4.79 Å². The molecule has 1 amide bonds. The van der Waals surface area contributed by atoms with Gasteiger partial charge in [-0.1, -0.05) is 6.58 Å². The van der Waals surface area contributed by atoms with Gasteiger partial charge in [0.1, 0.15) is 11.5 Å². The molecule has 0 radical (unpaired) electrons. The van der Waals surface area contributed by atoms with Gasteiger partial charge in [-0.3, -0.25) is 10.0 Å². The van der Waals surface area contributed by atoms with E-state index in [-0.39, 0.29) is 5.57 Å². The van der Waals surface area contributed by atoms with Crippen molar-refractivity contribution in [2.45, 2.75) is 0 Å². The van der Waals surface area contributed by atoms with Crippen LogP contribution in [0.15, 0.2) is 53.7 Å². The van der Waals surface area contributed by atoms with E-state index in [9.17, 15) is 10.0 Å². The second kappa shape index (κ2) is 5.41. The topological polar surface area (TPSA) is 62.9 Å².